The maximum Gasteiger partial charge on any atom is 0.270 e. The second-order valence-corrected chi connectivity index (χ2v) is 5.97. The zero-order chi connectivity index (χ0) is 15.4. The number of nitro groups is 1. The summed E-state index contributed by atoms with van der Waals surface area (Å²) in [6, 6.07) is 11.4. The Morgan fingerprint density at radius 3 is 2.38 bits per heavy atom. The SMILES string of the molecule is O=C(CNc1ccc([N+](=O)[O-])cc1Br)c1ccc(Br)cc1. The second-order valence-electron chi connectivity index (χ2n) is 4.20. The van der Waals surface area contributed by atoms with Crippen molar-refractivity contribution >= 4 is 49.0 Å². The summed E-state index contributed by atoms with van der Waals surface area (Å²) in [5, 5.41) is 13.6. The van der Waals surface area contributed by atoms with Gasteiger partial charge in [-0.3, -0.25) is 14.9 Å². The van der Waals surface area contributed by atoms with Gasteiger partial charge in [0.05, 0.1) is 11.5 Å². The van der Waals surface area contributed by atoms with Crippen LogP contribution in [0.25, 0.3) is 0 Å². The molecule has 2 aromatic rings. The Kier molecular flexibility index (Phi) is 5.08. The molecule has 0 unspecified atom stereocenters. The van der Waals surface area contributed by atoms with Gasteiger partial charge in [0.25, 0.3) is 5.69 Å². The highest BCUT2D eigenvalue weighted by Crippen LogP contribution is 2.27. The Bertz CT molecular complexity index is 687. The summed E-state index contributed by atoms with van der Waals surface area (Å²) in [7, 11) is 0. The van der Waals surface area contributed by atoms with E-state index in [4.69, 9.17) is 0 Å². The van der Waals surface area contributed by atoms with Gasteiger partial charge in [-0.05, 0) is 34.1 Å². The van der Waals surface area contributed by atoms with Crippen LogP contribution in [0, 0.1) is 10.1 Å². The molecular weight excluding hydrogens is 404 g/mol. The third kappa shape index (κ3) is 4.12. The molecule has 108 valence electrons. The number of carbonyl (C=O) groups excluding carboxylic acids is 1. The number of hydrogen-bond acceptors (Lipinski definition) is 4. The number of Topliss-reactive ketones (excluding diaryl/α,β-unsaturated/α-hetero) is 1. The minimum Gasteiger partial charge on any atom is -0.377 e. The van der Waals surface area contributed by atoms with Gasteiger partial charge in [-0.2, -0.15) is 0 Å². The monoisotopic (exact) mass is 412 g/mol. The van der Waals surface area contributed by atoms with Crippen molar-refractivity contribution in [3.63, 3.8) is 0 Å². The van der Waals surface area contributed by atoms with Crippen LogP contribution in [0.2, 0.25) is 0 Å². The number of benzene rings is 2. The van der Waals surface area contributed by atoms with Gasteiger partial charge < -0.3 is 5.32 Å². The standard InChI is InChI=1S/C14H10Br2N2O3/c15-10-3-1-9(2-4-10)14(19)8-17-13-6-5-11(18(20)21)7-12(13)16/h1-7,17H,8H2. The lowest BCUT2D eigenvalue weighted by atomic mass is 10.1. The number of anilines is 1. The lowest BCUT2D eigenvalue weighted by Gasteiger charge is -2.08. The van der Waals surface area contributed by atoms with Crippen LogP contribution in [-0.4, -0.2) is 17.3 Å². The van der Waals surface area contributed by atoms with E-state index in [1.807, 2.05) is 0 Å². The molecule has 5 nitrogen and oxygen atoms in total. The molecule has 0 spiro atoms. The predicted molar refractivity (Wildman–Crippen MR) is 87.8 cm³/mol. The smallest absolute Gasteiger partial charge is 0.270 e. The first-order chi connectivity index (χ1) is 9.97. The number of nitrogens with zero attached hydrogens (tertiary/aromatic N) is 1. The van der Waals surface area contributed by atoms with E-state index < -0.39 is 4.92 Å². The Labute approximate surface area is 137 Å². The van der Waals surface area contributed by atoms with Crippen molar-refractivity contribution < 1.29 is 9.72 Å². The zero-order valence-corrected chi connectivity index (χ0v) is 13.8. The molecule has 0 aliphatic carbocycles. The van der Waals surface area contributed by atoms with Crippen molar-refractivity contribution in [3.8, 4) is 0 Å². The average molecular weight is 414 g/mol. The van der Waals surface area contributed by atoms with Crippen LogP contribution in [0.3, 0.4) is 0 Å². The molecule has 0 amide bonds. The van der Waals surface area contributed by atoms with Crippen LogP contribution in [0.15, 0.2) is 51.4 Å². The molecule has 0 heterocycles. The van der Waals surface area contributed by atoms with Crippen LogP contribution in [0.5, 0.6) is 0 Å². The lowest BCUT2D eigenvalue weighted by Crippen LogP contribution is -2.14. The van der Waals surface area contributed by atoms with Gasteiger partial charge in [-0.1, -0.05) is 28.1 Å². The van der Waals surface area contributed by atoms with Crippen molar-refractivity contribution in [1.82, 2.24) is 0 Å². The molecule has 21 heavy (non-hydrogen) atoms. The molecule has 0 fully saturated rings. The molecule has 0 saturated carbocycles. The molecule has 0 aliphatic heterocycles. The highest BCUT2D eigenvalue weighted by atomic mass is 79.9. The molecule has 0 saturated heterocycles. The summed E-state index contributed by atoms with van der Waals surface area (Å²) in [4.78, 5) is 22.2. The van der Waals surface area contributed by atoms with Gasteiger partial charge >= 0.3 is 0 Å². The summed E-state index contributed by atoms with van der Waals surface area (Å²) >= 11 is 6.56. The zero-order valence-electron chi connectivity index (χ0n) is 10.7. The van der Waals surface area contributed by atoms with Gasteiger partial charge in [0.15, 0.2) is 5.78 Å². The van der Waals surface area contributed by atoms with Crippen molar-refractivity contribution in [3.05, 3.63) is 67.1 Å². The van der Waals surface area contributed by atoms with E-state index >= 15 is 0 Å². The van der Waals surface area contributed by atoms with Crippen LogP contribution in [0.4, 0.5) is 11.4 Å². The van der Waals surface area contributed by atoms with Crippen LogP contribution < -0.4 is 5.32 Å². The third-order valence-corrected chi connectivity index (χ3v) is 3.95. The number of rotatable bonds is 5. The van der Waals surface area contributed by atoms with Gasteiger partial charge in [0.2, 0.25) is 0 Å². The molecular formula is C14H10Br2N2O3. The average Bonchev–Trinajstić information content (AvgIpc) is 2.46. The highest BCUT2D eigenvalue weighted by molar-refractivity contribution is 9.10. The van der Waals surface area contributed by atoms with Gasteiger partial charge in [-0.15, -0.1) is 0 Å². The quantitative estimate of drug-likeness (QED) is 0.447. The molecule has 1 N–H and O–H groups in total. The fourth-order valence-electron chi connectivity index (χ4n) is 1.67. The third-order valence-electron chi connectivity index (χ3n) is 2.77. The van der Waals surface area contributed by atoms with E-state index in [0.717, 1.165) is 4.47 Å². The number of hydrogen-bond donors (Lipinski definition) is 1. The normalized spacial score (nSPS) is 10.2. The first kappa shape index (κ1) is 15.7. The highest BCUT2D eigenvalue weighted by Gasteiger charge is 2.10. The molecule has 7 heteroatoms. The molecule has 0 radical (unpaired) electrons. The van der Waals surface area contributed by atoms with Crippen LogP contribution >= 0.6 is 31.9 Å². The number of carbonyl (C=O) groups is 1. The molecule has 0 atom stereocenters. The number of ketones is 1. The van der Waals surface area contributed by atoms with E-state index in [1.54, 1.807) is 30.3 Å². The van der Waals surface area contributed by atoms with Crippen LogP contribution in [-0.2, 0) is 0 Å². The van der Waals surface area contributed by atoms with Crippen molar-refractivity contribution in [2.75, 3.05) is 11.9 Å². The Morgan fingerprint density at radius 1 is 1.14 bits per heavy atom. The summed E-state index contributed by atoms with van der Waals surface area (Å²) in [6.45, 7) is 0.109. The number of non-ortho nitro benzene ring substituents is 1. The topological polar surface area (TPSA) is 72.2 Å². The Morgan fingerprint density at radius 2 is 1.81 bits per heavy atom. The lowest BCUT2D eigenvalue weighted by molar-refractivity contribution is -0.384. The second kappa shape index (κ2) is 6.82. The van der Waals surface area contributed by atoms with Crippen LogP contribution in [0.1, 0.15) is 10.4 Å². The summed E-state index contributed by atoms with van der Waals surface area (Å²) in [5.41, 5.74) is 1.22. The van der Waals surface area contributed by atoms with Gasteiger partial charge in [0.1, 0.15) is 0 Å². The van der Waals surface area contributed by atoms with E-state index in [1.165, 1.54) is 12.1 Å². The number of nitro benzene ring substituents is 1. The first-order valence-electron chi connectivity index (χ1n) is 5.94. The first-order valence-corrected chi connectivity index (χ1v) is 7.52. The van der Waals surface area contributed by atoms with E-state index in [-0.39, 0.29) is 18.0 Å². The molecule has 0 aliphatic rings. The van der Waals surface area contributed by atoms with Gasteiger partial charge in [0, 0.05) is 32.3 Å². The summed E-state index contributed by atoms with van der Waals surface area (Å²) < 4.78 is 1.45. The van der Waals surface area contributed by atoms with Crippen molar-refractivity contribution in [2.24, 2.45) is 0 Å². The molecule has 0 bridgehead atoms. The minimum atomic E-state index is -0.471. The van der Waals surface area contributed by atoms with Gasteiger partial charge in [-0.25, -0.2) is 0 Å². The van der Waals surface area contributed by atoms with E-state index in [9.17, 15) is 14.9 Å². The minimum absolute atomic E-state index is 0.00772. The summed E-state index contributed by atoms with van der Waals surface area (Å²) in [5.74, 6) is -0.0623. The maximum absolute atomic E-state index is 12.0. The summed E-state index contributed by atoms with van der Waals surface area (Å²) in [6.07, 6.45) is 0. The Balaban J connectivity index is 2.04. The Hall–Kier alpha value is -1.73. The number of nitrogens with one attached hydrogen (secondary N) is 1. The fourth-order valence-corrected chi connectivity index (χ4v) is 2.45. The maximum atomic E-state index is 12.0. The molecule has 0 aromatic heterocycles. The largest absolute Gasteiger partial charge is 0.377 e. The fraction of sp³-hybridized carbons (Fsp3) is 0.0714. The van der Waals surface area contributed by atoms with Crippen molar-refractivity contribution in [1.29, 1.82) is 0 Å². The molecule has 2 rings (SSSR count). The number of halogens is 2. The predicted octanol–water partition coefficient (Wildman–Crippen LogP) is 4.41. The molecule has 2 aromatic carbocycles. The van der Waals surface area contributed by atoms with E-state index in [2.05, 4.69) is 37.2 Å². The van der Waals surface area contributed by atoms with Crippen molar-refractivity contribution in [2.45, 2.75) is 0 Å². The van der Waals surface area contributed by atoms with E-state index in [0.29, 0.717) is 15.7 Å².